The maximum atomic E-state index is 12.7. The fourth-order valence-electron chi connectivity index (χ4n) is 2.05. The number of hydrogen-bond acceptors (Lipinski definition) is 3. The molecular weight excluding hydrogens is 261 g/mol. The summed E-state index contributed by atoms with van der Waals surface area (Å²) in [5.41, 5.74) is -0.267. The van der Waals surface area contributed by atoms with Crippen molar-refractivity contribution in [2.24, 2.45) is 0 Å². The smallest absolute Gasteiger partial charge is 0.244 e. The Hall–Kier alpha value is -1.72. The predicted molar refractivity (Wildman–Crippen MR) is 73.4 cm³/mol. The quantitative estimate of drug-likeness (QED) is 0.821. The molecule has 0 aromatic heterocycles. The van der Waals surface area contributed by atoms with Crippen molar-refractivity contribution in [3.05, 3.63) is 41.7 Å². The van der Waals surface area contributed by atoms with Gasteiger partial charge in [-0.15, -0.1) is 0 Å². The summed E-state index contributed by atoms with van der Waals surface area (Å²) in [6.07, 6.45) is 3.17. The SMILES string of the molecule is CC1OCCC1(O)CNC(=O)/C=C/c1ccc(F)cc1. The topological polar surface area (TPSA) is 58.6 Å². The molecule has 5 heteroatoms. The fraction of sp³-hybridized carbons (Fsp3) is 0.400. The van der Waals surface area contributed by atoms with Crippen molar-refractivity contribution in [3.63, 3.8) is 0 Å². The monoisotopic (exact) mass is 279 g/mol. The molecule has 0 bridgehead atoms. The van der Waals surface area contributed by atoms with Crippen molar-refractivity contribution in [2.75, 3.05) is 13.2 Å². The van der Waals surface area contributed by atoms with Crippen molar-refractivity contribution < 1.29 is 19.0 Å². The van der Waals surface area contributed by atoms with Crippen molar-refractivity contribution in [1.29, 1.82) is 0 Å². The molecule has 2 atom stereocenters. The molecule has 1 heterocycles. The van der Waals surface area contributed by atoms with Gasteiger partial charge in [-0.3, -0.25) is 4.79 Å². The van der Waals surface area contributed by atoms with E-state index in [0.29, 0.717) is 13.0 Å². The minimum absolute atomic E-state index is 0.154. The van der Waals surface area contributed by atoms with Gasteiger partial charge in [-0.05, 0) is 30.7 Å². The van der Waals surface area contributed by atoms with E-state index in [1.54, 1.807) is 25.1 Å². The van der Waals surface area contributed by atoms with Gasteiger partial charge in [0.25, 0.3) is 0 Å². The Bertz CT molecular complexity index is 500. The molecule has 1 fully saturated rings. The molecule has 0 aliphatic carbocycles. The first-order valence-electron chi connectivity index (χ1n) is 6.55. The van der Waals surface area contributed by atoms with E-state index in [1.165, 1.54) is 18.2 Å². The van der Waals surface area contributed by atoms with E-state index in [9.17, 15) is 14.3 Å². The number of aliphatic hydroxyl groups is 1. The number of amides is 1. The van der Waals surface area contributed by atoms with E-state index in [0.717, 1.165) is 5.56 Å². The summed E-state index contributed by atoms with van der Waals surface area (Å²) in [6.45, 7) is 2.44. The summed E-state index contributed by atoms with van der Waals surface area (Å²) < 4.78 is 18.0. The minimum atomic E-state index is -1.00. The zero-order chi connectivity index (χ0) is 14.6. The van der Waals surface area contributed by atoms with Crippen LogP contribution in [0.2, 0.25) is 0 Å². The van der Waals surface area contributed by atoms with Crippen LogP contribution in [0, 0.1) is 5.82 Å². The zero-order valence-electron chi connectivity index (χ0n) is 11.3. The summed E-state index contributed by atoms with van der Waals surface area (Å²) in [5, 5.41) is 12.9. The van der Waals surface area contributed by atoms with Gasteiger partial charge in [-0.25, -0.2) is 4.39 Å². The molecule has 1 aliphatic heterocycles. The second-order valence-electron chi connectivity index (χ2n) is 4.97. The molecule has 1 saturated heterocycles. The van der Waals surface area contributed by atoms with E-state index in [1.807, 2.05) is 0 Å². The van der Waals surface area contributed by atoms with E-state index in [-0.39, 0.29) is 24.4 Å². The average Bonchev–Trinajstić information content (AvgIpc) is 2.76. The number of carbonyl (C=O) groups excluding carboxylic acids is 1. The van der Waals surface area contributed by atoms with E-state index >= 15 is 0 Å². The van der Waals surface area contributed by atoms with Crippen LogP contribution in [0.3, 0.4) is 0 Å². The van der Waals surface area contributed by atoms with Gasteiger partial charge >= 0.3 is 0 Å². The lowest BCUT2D eigenvalue weighted by molar-refractivity contribution is -0.118. The molecule has 1 aromatic rings. The summed E-state index contributed by atoms with van der Waals surface area (Å²) in [5.74, 6) is -0.620. The Morgan fingerprint density at radius 2 is 2.25 bits per heavy atom. The van der Waals surface area contributed by atoms with Crippen LogP contribution >= 0.6 is 0 Å². The van der Waals surface area contributed by atoms with Crippen LogP contribution in [-0.2, 0) is 9.53 Å². The Labute approximate surface area is 117 Å². The normalized spacial score (nSPS) is 26.1. The summed E-state index contributed by atoms with van der Waals surface area (Å²) in [7, 11) is 0. The molecule has 20 heavy (non-hydrogen) atoms. The molecule has 0 saturated carbocycles. The van der Waals surface area contributed by atoms with Gasteiger partial charge in [-0.1, -0.05) is 12.1 Å². The van der Waals surface area contributed by atoms with Gasteiger partial charge in [0.2, 0.25) is 5.91 Å². The molecule has 4 nitrogen and oxygen atoms in total. The third kappa shape index (κ3) is 3.65. The number of nitrogens with one attached hydrogen (secondary N) is 1. The van der Waals surface area contributed by atoms with Crippen LogP contribution in [0.15, 0.2) is 30.3 Å². The van der Waals surface area contributed by atoms with Crippen LogP contribution in [-0.4, -0.2) is 35.9 Å². The van der Waals surface area contributed by atoms with Crippen molar-refractivity contribution in [2.45, 2.75) is 25.0 Å². The Morgan fingerprint density at radius 3 is 2.85 bits per heavy atom. The molecule has 1 amide bonds. The second kappa shape index (κ2) is 6.15. The minimum Gasteiger partial charge on any atom is -0.385 e. The van der Waals surface area contributed by atoms with Crippen molar-refractivity contribution in [3.8, 4) is 0 Å². The van der Waals surface area contributed by atoms with Crippen LogP contribution in [0.4, 0.5) is 4.39 Å². The highest BCUT2D eigenvalue weighted by Gasteiger charge is 2.39. The van der Waals surface area contributed by atoms with Gasteiger partial charge in [0.1, 0.15) is 11.4 Å². The lowest BCUT2D eigenvalue weighted by atomic mass is 9.97. The van der Waals surface area contributed by atoms with Gasteiger partial charge in [0.05, 0.1) is 6.10 Å². The number of hydrogen-bond donors (Lipinski definition) is 2. The Balaban J connectivity index is 1.85. The number of benzene rings is 1. The molecule has 2 N–H and O–H groups in total. The first-order valence-corrected chi connectivity index (χ1v) is 6.55. The maximum absolute atomic E-state index is 12.7. The molecule has 108 valence electrons. The Kier molecular flexibility index (Phi) is 4.52. The zero-order valence-corrected chi connectivity index (χ0v) is 11.3. The first kappa shape index (κ1) is 14.7. The molecule has 2 rings (SSSR count). The van der Waals surface area contributed by atoms with E-state index in [4.69, 9.17) is 4.74 Å². The van der Waals surface area contributed by atoms with Gasteiger partial charge < -0.3 is 15.2 Å². The van der Waals surface area contributed by atoms with Gasteiger partial charge in [0.15, 0.2) is 0 Å². The number of carbonyl (C=O) groups is 1. The van der Waals surface area contributed by atoms with Crippen molar-refractivity contribution in [1.82, 2.24) is 5.32 Å². The molecule has 1 aromatic carbocycles. The number of rotatable bonds is 4. The number of ether oxygens (including phenoxy) is 1. The van der Waals surface area contributed by atoms with E-state index < -0.39 is 5.60 Å². The van der Waals surface area contributed by atoms with Crippen molar-refractivity contribution >= 4 is 12.0 Å². The van der Waals surface area contributed by atoms with Crippen LogP contribution < -0.4 is 5.32 Å². The van der Waals surface area contributed by atoms with Gasteiger partial charge in [0, 0.05) is 25.6 Å². The fourth-order valence-corrected chi connectivity index (χ4v) is 2.05. The Morgan fingerprint density at radius 1 is 1.55 bits per heavy atom. The summed E-state index contributed by atoms with van der Waals surface area (Å²) >= 11 is 0. The average molecular weight is 279 g/mol. The number of halogens is 1. The first-order chi connectivity index (χ1) is 9.49. The summed E-state index contributed by atoms with van der Waals surface area (Å²) in [4.78, 5) is 11.7. The molecule has 0 spiro atoms. The standard InChI is InChI=1S/C15H18FNO3/c1-11-15(19,8-9-20-11)10-17-14(18)7-4-12-2-5-13(16)6-3-12/h2-7,11,19H,8-10H2,1H3,(H,17,18)/b7-4+. The lowest BCUT2D eigenvalue weighted by Crippen LogP contribution is -2.47. The third-order valence-electron chi connectivity index (χ3n) is 3.53. The highest BCUT2D eigenvalue weighted by atomic mass is 19.1. The molecule has 1 aliphatic rings. The largest absolute Gasteiger partial charge is 0.385 e. The van der Waals surface area contributed by atoms with Crippen LogP contribution in [0.5, 0.6) is 0 Å². The maximum Gasteiger partial charge on any atom is 0.244 e. The lowest BCUT2D eigenvalue weighted by Gasteiger charge is -2.25. The molecule has 0 radical (unpaired) electrons. The van der Waals surface area contributed by atoms with Gasteiger partial charge in [-0.2, -0.15) is 0 Å². The third-order valence-corrected chi connectivity index (χ3v) is 3.53. The summed E-state index contributed by atoms with van der Waals surface area (Å²) in [6, 6.07) is 5.83. The highest BCUT2D eigenvalue weighted by molar-refractivity contribution is 5.91. The molecule has 2 unspecified atom stereocenters. The second-order valence-corrected chi connectivity index (χ2v) is 4.97. The van der Waals surface area contributed by atoms with Crippen LogP contribution in [0.25, 0.3) is 6.08 Å². The van der Waals surface area contributed by atoms with E-state index in [2.05, 4.69) is 5.32 Å². The molecular formula is C15H18FNO3. The highest BCUT2D eigenvalue weighted by Crippen LogP contribution is 2.24. The van der Waals surface area contributed by atoms with Crippen LogP contribution in [0.1, 0.15) is 18.9 Å². The predicted octanol–water partition coefficient (Wildman–Crippen LogP) is 1.49.